The van der Waals surface area contributed by atoms with Crippen LogP contribution in [0, 0.1) is 0 Å². The molecule has 0 bridgehead atoms. The van der Waals surface area contributed by atoms with Crippen molar-refractivity contribution in [2.24, 2.45) is 0 Å². The minimum absolute atomic E-state index is 0.0705. The molecule has 1 saturated carbocycles. The molecule has 1 fully saturated rings. The zero-order valence-corrected chi connectivity index (χ0v) is 12.5. The van der Waals surface area contributed by atoms with Crippen LogP contribution in [0.3, 0.4) is 0 Å². The number of aliphatic hydroxyl groups excluding tert-OH is 1. The first-order chi connectivity index (χ1) is 9.52. The molecule has 2 N–H and O–H groups in total. The molecule has 3 nitrogen and oxygen atoms in total. The van der Waals surface area contributed by atoms with Gasteiger partial charge in [0.2, 0.25) is 0 Å². The van der Waals surface area contributed by atoms with Crippen molar-refractivity contribution in [3.05, 3.63) is 35.4 Å². The lowest BCUT2D eigenvalue weighted by atomic mass is 9.84. The smallest absolute Gasteiger partial charge is 0.251 e. The van der Waals surface area contributed by atoms with Gasteiger partial charge >= 0.3 is 0 Å². The zero-order valence-electron chi connectivity index (χ0n) is 12.5. The summed E-state index contributed by atoms with van der Waals surface area (Å²) in [5.41, 5.74) is 1.42. The van der Waals surface area contributed by atoms with Crippen LogP contribution in [-0.4, -0.2) is 23.2 Å². The summed E-state index contributed by atoms with van der Waals surface area (Å²) >= 11 is 0. The highest BCUT2D eigenvalue weighted by atomic mass is 16.3. The molecule has 0 saturated heterocycles. The molecule has 1 aliphatic rings. The molecule has 0 heterocycles. The molecule has 0 atom stereocenters. The Kier molecular flexibility index (Phi) is 4.81. The number of nitrogens with one attached hydrogen (secondary N) is 1. The first-order valence-electron chi connectivity index (χ1n) is 7.55. The summed E-state index contributed by atoms with van der Waals surface area (Å²) in [5, 5.41) is 12.0. The van der Waals surface area contributed by atoms with Crippen LogP contribution in [-0.2, 0) is 0 Å². The van der Waals surface area contributed by atoms with Gasteiger partial charge < -0.3 is 10.4 Å². The Bertz CT molecular complexity index is 445. The van der Waals surface area contributed by atoms with Crippen molar-refractivity contribution < 1.29 is 9.90 Å². The second kappa shape index (κ2) is 6.40. The number of carbonyl (C=O) groups excluding carboxylic acids is 1. The van der Waals surface area contributed by atoms with Crippen LogP contribution in [0.1, 0.15) is 67.8 Å². The van der Waals surface area contributed by atoms with Crippen molar-refractivity contribution in [3.63, 3.8) is 0 Å². The third-order valence-electron chi connectivity index (χ3n) is 4.10. The fourth-order valence-corrected chi connectivity index (χ4v) is 2.76. The monoisotopic (exact) mass is 275 g/mol. The Balaban J connectivity index is 2.02. The van der Waals surface area contributed by atoms with Gasteiger partial charge in [0.05, 0.1) is 12.1 Å². The average molecular weight is 275 g/mol. The highest BCUT2D eigenvalue weighted by molar-refractivity contribution is 5.94. The Morgan fingerprint density at radius 1 is 1.20 bits per heavy atom. The molecule has 2 rings (SSSR count). The molecule has 20 heavy (non-hydrogen) atoms. The molecule has 0 aliphatic heterocycles. The van der Waals surface area contributed by atoms with E-state index in [-0.39, 0.29) is 12.5 Å². The zero-order chi connectivity index (χ0) is 14.6. The van der Waals surface area contributed by atoms with Gasteiger partial charge in [-0.05, 0) is 50.3 Å². The number of carbonyl (C=O) groups is 1. The number of aliphatic hydroxyl groups is 1. The van der Waals surface area contributed by atoms with E-state index in [1.54, 1.807) is 13.8 Å². The SMILES string of the molecule is CC(C)(CO)NC(=O)c1ccc(C2CCCCC2)cc1. The molecule has 1 aromatic carbocycles. The quantitative estimate of drug-likeness (QED) is 0.886. The van der Waals surface area contributed by atoms with Crippen molar-refractivity contribution in [2.75, 3.05) is 6.61 Å². The number of hydrogen-bond donors (Lipinski definition) is 2. The fourth-order valence-electron chi connectivity index (χ4n) is 2.76. The second-order valence-electron chi connectivity index (χ2n) is 6.45. The third kappa shape index (κ3) is 3.83. The van der Waals surface area contributed by atoms with Crippen molar-refractivity contribution in [2.45, 2.75) is 57.4 Å². The van der Waals surface area contributed by atoms with Crippen LogP contribution in [0.15, 0.2) is 24.3 Å². The molecule has 0 spiro atoms. The minimum Gasteiger partial charge on any atom is -0.394 e. The molecule has 0 radical (unpaired) electrons. The van der Waals surface area contributed by atoms with E-state index in [0.717, 1.165) is 0 Å². The maximum Gasteiger partial charge on any atom is 0.251 e. The predicted molar refractivity (Wildman–Crippen MR) is 80.9 cm³/mol. The van der Waals surface area contributed by atoms with Gasteiger partial charge in [0.25, 0.3) is 5.91 Å². The van der Waals surface area contributed by atoms with E-state index >= 15 is 0 Å². The summed E-state index contributed by atoms with van der Waals surface area (Å²) in [5.74, 6) is 0.536. The fraction of sp³-hybridized carbons (Fsp3) is 0.588. The standard InChI is InChI=1S/C17H25NO2/c1-17(2,12-19)18-16(20)15-10-8-14(9-11-15)13-6-4-3-5-7-13/h8-11,13,19H,3-7,12H2,1-2H3,(H,18,20). The van der Waals surface area contributed by atoms with Crippen molar-refractivity contribution in [1.82, 2.24) is 5.32 Å². The Labute approximate surface area is 121 Å². The molecule has 0 aromatic heterocycles. The summed E-state index contributed by atoms with van der Waals surface area (Å²) in [7, 11) is 0. The summed E-state index contributed by atoms with van der Waals surface area (Å²) in [4.78, 5) is 12.1. The van der Waals surface area contributed by atoms with Crippen molar-refractivity contribution >= 4 is 5.91 Å². The van der Waals surface area contributed by atoms with Crippen LogP contribution in [0.5, 0.6) is 0 Å². The van der Waals surface area contributed by atoms with E-state index in [4.69, 9.17) is 0 Å². The molecule has 1 aromatic rings. The number of benzene rings is 1. The molecule has 110 valence electrons. The maximum absolute atomic E-state index is 12.1. The van der Waals surface area contributed by atoms with Crippen LogP contribution in [0.2, 0.25) is 0 Å². The van der Waals surface area contributed by atoms with Gasteiger partial charge in [0.1, 0.15) is 0 Å². The largest absolute Gasteiger partial charge is 0.394 e. The first kappa shape index (κ1) is 15.0. The van der Waals surface area contributed by atoms with Gasteiger partial charge in [-0.1, -0.05) is 31.4 Å². The molecule has 3 heteroatoms. The average Bonchev–Trinajstić information content (AvgIpc) is 2.48. The second-order valence-corrected chi connectivity index (χ2v) is 6.45. The van der Waals surface area contributed by atoms with E-state index in [1.807, 2.05) is 12.1 Å². The maximum atomic E-state index is 12.1. The third-order valence-corrected chi connectivity index (χ3v) is 4.10. The van der Waals surface area contributed by atoms with E-state index < -0.39 is 5.54 Å². The normalized spacial score (nSPS) is 16.9. The number of hydrogen-bond acceptors (Lipinski definition) is 2. The Morgan fingerprint density at radius 3 is 2.35 bits per heavy atom. The Hall–Kier alpha value is -1.35. The summed E-state index contributed by atoms with van der Waals surface area (Å²) < 4.78 is 0. The van der Waals surface area contributed by atoms with Gasteiger partial charge in [-0.15, -0.1) is 0 Å². The summed E-state index contributed by atoms with van der Waals surface area (Å²) in [6.45, 7) is 3.54. The van der Waals surface area contributed by atoms with Crippen molar-refractivity contribution in [3.8, 4) is 0 Å². The molecular formula is C17H25NO2. The highest BCUT2D eigenvalue weighted by Gasteiger charge is 2.20. The van der Waals surface area contributed by atoms with Gasteiger partial charge in [-0.2, -0.15) is 0 Å². The van der Waals surface area contributed by atoms with Gasteiger partial charge in [0.15, 0.2) is 0 Å². The summed E-state index contributed by atoms with van der Waals surface area (Å²) in [6.07, 6.45) is 6.52. The molecular weight excluding hydrogens is 250 g/mol. The van der Waals surface area contributed by atoms with E-state index in [1.165, 1.54) is 37.7 Å². The lowest BCUT2D eigenvalue weighted by Gasteiger charge is -2.24. The van der Waals surface area contributed by atoms with Gasteiger partial charge in [-0.3, -0.25) is 4.79 Å². The van der Waals surface area contributed by atoms with Gasteiger partial charge in [-0.25, -0.2) is 0 Å². The number of amides is 1. The van der Waals surface area contributed by atoms with E-state index in [0.29, 0.717) is 11.5 Å². The lowest BCUT2D eigenvalue weighted by Crippen LogP contribution is -2.46. The van der Waals surface area contributed by atoms with Crippen LogP contribution in [0.4, 0.5) is 0 Å². The molecule has 1 aliphatic carbocycles. The van der Waals surface area contributed by atoms with Gasteiger partial charge in [0, 0.05) is 5.56 Å². The minimum atomic E-state index is -0.584. The first-order valence-corrected chi connectivity index (χ1v) is 7.55. The highest BCUT2D eigenvalue weighted by Crippen LogP contribution is 2.32. The van der Waals surface area contributed by atoms with Crippen molar-refractivity contribution in [1.29, 1.82) is 0 Å². The lowest BCUT2D eigenvalue weighted by molar-refractivity contribution is 0.0869. The molecule has 1 amide bonds. The van der Waals surface area contributed by atoms with Crippen LogP contribution >= 0.6 is 0 Å². The van der Waals surface area contributed by atoms with Crippen LogP contribution in [0.25, 0.3) is 0 Å². The topological polar surface area (TPSA) is 49.3 Å². The summed E-state index contributed by atoms with van der Waals surface area (Å²) in [6, 6.07) is 7.95. The van der Waals surface area contributed by atoms with Crippen LogP contribution < -0.4 is 5.32 Å². The van der Waals surface area contributed by atoms with E-state index in [9.17, 15) is 9.90 Å². The Morgan fingerprint density at radius 2 is 1.80 bits per heavy atom. The van der Waals surface area contributed by atoms with E-state index in [2.05, 4.69) is 17.4 Å². The molecule has 0 unspecified atom stereocenters. The number of rotatable bonds is 4. The predicted octanol–water partition coefficient (Wildman–Crippen LogP) is 3.24.